The second kappa shape index (κ2) is 7.21. The first-order valence-corrected chi connectivity index (χ1v) is 8.13. The topological polar surface area (TPSA) is 91.7 Å². The number of hydrogen-bond donors (Lipinski definition) is 2. The van der Waals surface area contributed by atoms with Gasteiger partial charge in [-0.3, -0.25) is 14.4 Å². The van der Waals surface area contributed by atoms with Gasteiger partial charge in [0.1, 0.15) is 11.8 Å². The minimum atomic E-state index is -0.849. The maximum Gasteiger partial charge on any atom is 0.310 e. The first-order valence-electron chi connectivity index (χ1n) is 8.13. The Morgan fingerprint density at radius 2 is 1.96 bits per heavy atom. The van der Waals surface area contributed by atoms with Gasteiger partial charge in [0, 0.05) is 17.8 Å². The van der Waals surface area contributed by atoms with E-state index in [4.69, 9.17) is 4.42 Å². The minimum Gasteiger partial charge on any atom is -0.467 e. The van der Waals surface area contributed by atoms with Crippen LogP contribution in [0, 0.1) is 0 Å². The van der Waals surface area contributed by atoms with E-state index in [1.807, 2.05) is 19.1 Å². The highest BCUT2D eigenvalue weighted by atomic mass is 16.3. The van der Waals surface area contributed by atoms with Crippen molar-refractivity contribution in [3.05, 3.63) is 54.0 Å². The number of nitrogens with zero attached hydrogens (tertiary/aromatic N) is 1. The van der Waals surface area contributed by atoms with Gasteiger partial charge in [-0.2, -0.15) is 0 Å². The zero-order chi connectivity index (χ0) is 17.8. The lowest BCUT2D eigenvalue weighted by Crippen LogP contribution is -2.44. The number of para-hydroxylation sites is 1. The van der Waals surface area contributed by atoms with Crippen molar-refractivity contribution < 1.29 is 18.8 Å². The summed E-state index contributed by atoms with van der Waals surface area (Å²) in [4.78, 5) is 38.4. The van der Waals surface area contributed by atoms with Crippen LogP contribution < -0.4 is 15.5 Å². The molecule has 2 N–H and O–H groups in total. The summed E-state index contributed by atoms with van der Waals surface area (Å²) < 4.78 is 5.09. The monoisotopic (exact) mass is 341 g/mol. The summed E-state index contributed by atoms with van der Waals surface area (Å²) in [7, 11) is 0. The van der Waals surface area contributed by atoms with Crippen LogP contribution in [0.3, 0.4) is 0 Å². The molecule has 1 aliphatic heterocycles. The number of amides is 3. The highest BCUT2D eigenvalue weighted by molar-refractivity contribution is 6.35. The van der Waals surface area contributed by atoms with E-state index < -0.39 is 17.9 Å². The summed E-state index contributed by atoms with van der Waals surface area (Å²) in [5, 5.41) is 4.99. The van der Waals surface area contributed by atoms with Gasteiger partial charge in [-0.15, -0.1) is 0 Å². The fourth-order valence-corrected chi connectivity index (χ4v) is 2.84. The van der Waals surface area contributed by atoms with Crippen LogP contribution in [-0.2, 0) is 20.9 Å². The van der Waals surface area contributed by atoms with Crippen LogP contribution in [0.25, 0.3) is 0 Å². The fraction of sp³-hybridized carbons (Fsp3) is 0.278. The largest absolute Gasteiger partial charge is 0.467 e. The number of rotatable bonds is 5. The van der Waals surface area contributed by atoms with Gasteiger partial charge in [0.2, 0.25) is 0 Å². The van der Waals surface area contributed by atoms with Crippen molar-refractivity contribution in [3.63, 3.8) is 0 Å². The first kappa shape index (κ1) is 16.8. The van der Waals surface area contributed by atoms with Gasteiger partial charge in [-0.1, -0.05) is 25.1 Å². The van der Waals surface area contributed by atoms with E-state index in [1.54, 1.807) is 29.2 Å². The lowest BCUT2D eigenvalue weighted by molar-refractivity contribution is -0.140. The van der Waals surface area contributed by atoms with Crippen LogP contribution >= 0.6 is 0 Å². The molecular formula is C18H19N3O4. The molecule has 0 unspecified atom stereocenters. The zero-order valence-electron chi connectivity index (χ0n) is 13.8. The van der Waals surface area contributed by atoms with Crippen LogP contribution in [-0.4, -0.2) is 24.3 Å². The van der Waals surface area contributed by atoms with Gasteiger partial charge in [-0.05, 0) is 24.6 Å². The van der Waals surface area contributed by atoms with E-state index >= 15 is 0 Å². The Hall–Kier alpha value is -3.09. The molecule has 3 rings (SSSR count). The van der Waals surface area contributed by atoms with Crippen molar-refractivity contribution in [2.75, 3.05) is 11.4 Å². The smallest absolute Gasteiger partial charge is 0.310 e. The summed E-state index contributed by atoms with van der Waals surface area (Å²) in [6.45, 7) is 2.65. The summed E-state index contributed by atoms with van der Waals surface area (Å²) >= 11 is 0. The minimum absolute atomic E-state index is 0.108. The summed E-state index contributed by atoms with van der Waals surface area (Å²) in [6, 6.07) is 9.81. The van der Waals surface area contributed by atoms with Crippen molar-refractivity contribution in [2.45, 2.75) is 25.9 Å². The highest BCUT2D eigenvalue weighted by Crippen LogP contribution is 2.35. The van der Waals surface area contributed by atoms with Crippen LogP contribution in [0.2, 0.25) is 0 Å². The predicted octanol–water partition coefficient (Wildman–Crippen LogP) is 1.51. The average molecular weight is 341 g/mol. The van der Waals surface area contributed by atoms with Crippen molar-refractivity contribution in [2.24, 2.45) is 0 Å². The van der Waals surface area contributed by atoms with E-state index in [-0.39, 0.29) is 12.5 Å². The molecule has 0 spiro atoms. The van der Waals surface area contributed by atoms with Gasteiger partial charge >= 0.3 is 11.8 Å². The van der Waals surface area contributed by atoms with E-state index in [0.717, 1.165) is 12.1 Å². The molecule has 1 aromatic heterocycles. The van der Waals surface area contributed by atoms with E-state index in [0.29, 0.717) is 17.9 Å². The Bertz CT molecular complexity index is 785. The molecule has 130 valence electrons. The van der Waals surface area contributed by atoms with Gasteiger partial charge in [0.25, 0.3) is 5.91 Å². The molecule has 7 heteroatoms. The third-order valence-electron chi connectivity index (χ3n) is 3.98. The number of benzene rings is 1. The molecule has 0 saturated heterocycles. The number of fused-ring (bicyclic) bond motifs is 1. The van der Waals surface area contributed by atoms with Crippen molar-refractivity contribution in [1.29, 1.82) is 0 Å². The molecule has 7 nitrogen and oxygen atoms in total. The second-order valence-electron chi connectivity index (χ2n) is 5.72. The van der Waals surface area contributed by atoms with E-state index in [1.165, 1.54) is 6.26 Å². The maximum atomic E-state index is 12.6. The SMILES string of the molecule is CCCN1C(=O)[C@@H](NC(=O)C(=O)NCc2ccco2)c2ccccc21. The Morgan fingerprint density at radius 3 is 2.68 bits per heavy atom. The summed E-state index contributed by atoms with van der Waals surface area (Å²) in [5.41, 5.74) is 1.48. The molecule has 0 radical (unpaired) electrons. The first-order chi connectivity index (χ1) is 12.1. The normalized spacial score (nSPS) is 15.8. The molecular weight excluding hydrogens is 322 g/mol. The number of carbonyl (C=O) groups is 3. The van der Waals surface area contributed by atoms with Crippen molar-refractivity contribution in [1.82, 2.24) is 10.6 Å². The third-order valence-corrected chi connectivity index (χ3v) is 3.98. The van der Waals surface area contributed by atoms with Gasteiger partial charge < -0.3 is 20.0 Å². The average Bonchev–Trinajstić information content (AvgIpc) is 3.22. The third kappa shape index (κ3) is 3.40. The molecule has 3 amide bonds. The Balaban J connectivity index is 1.68. The van der Waals surface area contributed by atoms with Crippen molar-refractivity contribution in [3.8, 4) is 0 Å². The van der Waals surface area contributed by atoms with Crippen LogP contribution in [0.1, 0.15) is 30.7 Å². The van der Waals surface area contributed by atoms with Gasteiger partial charge in [-0.25, -0.2) is 0 Å². The molecule has 0 aliphatic carbocycles. The molecule has 2 aromatic rings. The standard InChI is InChI=1S/C18H19N3O4/c1-2-9-21-14-8-4-3-7-13(14)15(18(21)24)20-17(23)16(22)19-11-12-6-5-10-25-12/h3-8,10,15H,2,9,11H2,1H3,(H,19,22)(H,20,23)/t15-/m0/s1. The fourth-order valence-electron chi connectivity index (χ4n) is 2.84. The Kier molecular flexibility index (Phi) is 4.83. The van der Waals surface area contributed by atoms with Crippen molar-refractivity contribution >= 4 is 23.4 Å². The molecule has 1 atom stereocenters. The molecule has 0 fully saturated rings. The number of carbonyl (C=O) groups excluding carboxylic acids is 3. The van der Waals surface area contributed by atoms with Crippen LogP contribution in [0.4, 0.5) is 5.69 Å². The second-order valence-corrected chi connectivity index (χ2v) is 5.72. The number of furan rings is 1. The Morgan fingerprint density at radius 1 is 1.16 bits per heavy atom. The van der Waals surface area contributed by atoms with Crippen LogP contribution in [0.15, 0.2) is 47.1 Å². The lowest BCUT2D eigenvalue weighted by Gasteiger charge is -2.17. The highest BCUT2D eigenvalue weighted by Gasteiger charge is 2.38. The van der Waals surface area contributed by atoms with Gasteiger partial charge in [0.15, 0.2) is 0 Å². The number of nitrogens with one attached hydrogen (secondary N) is 2. The summed E-state index contributed by atoms with van der Waals surface area (Å²) in [6.07, 6.45) is 2.28. The number of hydrogen-bond acceptors (Lipinski definition) is 4. The molecule has 0 bridgehead atoms. The van der Waals surface area contributed by atoms with E-state index in [9.17, 15) is 14.4 Å². The predicted molar refractivity (Wildman–Crippen MR) is 90.5 cm³/mol. The molecule has 2 heterocycles. The Labute approximate surface area is 145 Å². The zero-order valence-corrected chi connectivity index (χ0v) is 13.8. The number of anilines is 1. The summed E-state index contributed by atoms with van der Waals surface area (Å²) in [5.74, 6) is -1.35. The maximum absolute atomic E-state index is 12.6. The van der Waals surface area contributed by atoms with Gasteiger partial charge in [0.05, 0.1) is 12.8 Å². The quantitative estimate of drug-likeness (QED) is 0.807. The van der Waals surface area contributed by atoms with E-state index in [2.05, 4.69) is 10.6 Å². The lowest BCUT2D eigenvalue weighted by atomic mass is 10.1. The molecule has 1 aromatic carbocycles. The molecule has 1 aliphatic rings. The molecule has 0 saturated carbocycles. The van der Waals surface area contributed by atoms with Crippen LogP contribution in [0.5, 0.6) is 0 Å². The molecule has 25 heavy (non-hydrogen) atoms.